The minimum Gasteiger partial charge on any atom is -0.394 e. The molecule has 3 N–H and O–H groups in total. The minimum absolute atomic E-state index is 0.0953. The molecule has 1 aliphatic carbocycles. The average molecular weight is 277 g/mol. The third kappa shape index (κ3) is 2.86. The van der Waals surface area contributed by atoms with Crippen molar-refractivity contribution in [3.05, 3.63) is 35.4 Å². The SMILES string of the molecule is CCC(CO)(CO)NC(=O)C1CCCc2ccccc21. The van der Waals surface area contributed by atoms with Crippen LogP contribution in [0.4, 0.5) is 0 Å². The molecule has 4 nitrogen and oxygen atoms in total. The fraction of sp³-hybridized carbons (Fsp3) is 0.562. The molecule has 1 aromatic carbocycles. The van der Waals surface area contributed by atoms with Gasteiger partial charge in [0.2, 0.25) is 5.91 Å². The topological polar surface area (TPSA) is 69.6 Å². The summed E-state index contributed by atoms with van der Waals surface area (Å²) in [6.07, 6.45) is 3.32. The van der Waals surface area contributed by atoms with Crippen LogP contribution in [0.5, 0.6) is 0 Å². The Morgan fingerprint density at radius 2 is 2.05 bits per heavy atom. The van der Waals surface area contributed by atoms with E-state index in [-0.39, 0.29) is 25.0 Å². The third-order valence-corrected chi connectivity index (χ3v) is 4.36. The highest BCUT2D eigenvalue weighted by atomic mass is 16.3. The molecule has 2 rings (SSSR count). The van der Waals surface area contributed by atoms with E-state index in [9.17, 15) is 15.0 Å². The number of aliphatic hydroxyl groups excluding tert-OH is 2. The van der Waals surface area contributed by atoms with Crippen molar-refractivity contribution in [2.75, 3.05) is 13.2 Å². The standard InChI is InChI=1S/C16H23NO3/c1-2-16(10-18,11-19)17-15(20)14-9-5-7-12-6-3-4-8-13(12)14/h3-4,6,8,14,18-19H,2,5,7,9-11H2,1H3,(H,17,20). The van der Waals surface area contributed by atoms with Gasteiger partial charge in [-0.15, -0.1) is 0 Å². The smallest absolute Gasteiger partial charge is 0.228 e. The van der Waals surface area contributed by atoms with Gasteiger partial charge in [-0.25, -0.2) is 0 Å². The number of aliphatic hydroxyl groups is 2. The second kappa shape index (κ2) is 6.37. The van der Waals surface area contributed by atoms with Crippen molar-refractivity contribution in [2.45, 2.75) is 44.1 Å². The molecule has 0 aliphatic heterocycles. The van der Waals surface area contributed by atoms with Gasteiger partial charge >= 0.3 is 0 Å². The fourth-order valence-electron chi connectivity index (χ4n) is 2.82. The van der Waals surface area contributed by atoms with Crippen molar-refractivity contribution in [3.63, 3.8) is 0 Å². The van der Waals surface area contributed by atoms with Crippen molar-refractivity contribution in [2.24, 2.45) is 0 Å². The quantitative estimate of drug-likeness (QED) is 0.761. The zero-order valence-electron chi connectivity index (χ0n) is 11.9. The van der Waals surface area contributed by atoms with Gasteiger partial charge in [-0.2, -0.15) is 0 Å². The molecule has 1 amide bonds. The highest BCUT2D eigenvalue weighted by Gasteiger charge is 2.33. The number of rotatable bonds is 5. The lowest BCUT2D eigenvalue weighted by Gasteiger charge is -2.33. The maximum Gasteiger partial charge on any atom is 0.228 e. The summed E-state index contributed by atoms with van der Waals surface area (Å²) in [4.78, 5) is 12.5. The maximum atomic E-state index is 12.5. The van der Waals surface area contributed by atoms with Crippen LogP contribution < -0.4 is 5.32 Å². The van der Waals surface area contributed by atoms with E-state index in [4.69, 9.17) is 0 Å². The second-order valence-electron chi connectivity index (χ2n) is 5.58. The summed E-state index contributed by atoms with van der Waals surface area (Å²) in [5.41, 5.74) is 1.40. The van der Waals surface area contributed by atoms with Crippen LogP contribution in [0.3, 0.4) is 0 Å². The summed E-state index contributed by atoms with van der Waals surface area (Å²) in [5.74, 6) is -0.272. The molecule has 0 aromatic heterocycles. The molecule has 0 bridgehead atoms. The van der Waals surface area contributed by atoms with Crippen LogP contribution in [-0.4, -0.2) is 34.9 Å². The number of fused-ring (bicyclic) bond motifs is 1. The molecule has 4 heteroatoms. The molecular formula is C16H23NO3. The van der Waals surface area contributed by atoms with Crippen LogP contribution >= 0.6 is 0 Å². The second-order valence-corrected chi connectivity index (χ2v) is 5.58. The van der Waals surface area contributed by atoms with Crippen molar-refractivity contribution >= 4 is 5.91 Å². The van der Waals surface area contributed by atoms with E-state index < -0.39 is 5.54 Å². The average Bonchev–Trinajstić information content (AvgIpc) is 2.52. The number of amides is 1. The first kappa shape index (κ1) is 15.0. The van der Waals surface area contributed by atoms with Gasteiger partial charge in [0.15, 0.2) is 0 Å². The molecular weight excluding hydrogens is 254 g/mol. The van der Waals surface area contributed by atoms with Gasteiger partial charge < -0.3 is 15.5 Å². The molecule has 0 saturated carbocycles. The van der Waals surface area contributed by atoms with Gasteiger partial charge in [0, 0.05) is 0 Å². The normalized spacial score (nSPS) is 18.4. The molecule has 1 unspecified atom stereocenters. The first-order valence-corrected chi connectivity index (χ1v) is 7.27. The largest absolute Gasteiger partial charge is 0.394 e. The van der Waals surface area contributed by atoms with Crippen molar-refractivity contribution < 1.29 is 15.0 Å². The summed E-state index contributed by atoms with van der Waals surface area (Å²) in [6, 6.07) is 8.02. The molecule has 0 fully saturated rings. The van der Waals surface area contributed by atoms with Crippen LogP contribution in [-0.2, 0) is 11.2 Å². The van der Waals surface area contributed by atoms with E-state index >= 15 is 0 Å². The summed E-state index contributed by atoms with van der Waals surface area (Å²) >= 11 is 0. The minimum atomic E-state index is -0.913. The summed E-state index contributed by atoms with van der Waals surface area (Å²) in [7, 11) is 0. The van der Waals surface area contributed by atoms with E-state index in [0.29, 0.717) is 6.42 Å². The summed E-state index contributed by atoms with van der Waals surface area (Å²) in [6.45, 7) is 1.35. The summed E-state index contributed by atoms with van der Waals surface area (Å²) in [5, 5.41) is 21.7. The van der Waals surface area contributed by atoms with Gasteiger partial charge in [0.1, 0.15) is 0 Å². The maximum absolute atomic E-state index is 12.5. The number of hydrogen-bond acceptors (Lipinski definition) is 3. The van der Waals surface area contributed by atoms with E-state index in [1.807, 2.05) is 25.1 Å². The Balaban J connectivity index is 2.19. The van der Waals surface area contributed by atoms with E-state index in [1.165, 1.54) is 5.56 Å². The Labute approximate surface area is 119 Å². The highest BCUT2D eigenvalue weighted by Crippen LogP contribution is 2.32. The molecule has 0 radical (unpaired) electrons. The lowest BCUT2D eigenvalue weighted by atomic mass is 9.81. The van der Waals surface area contributed by atoms with Crippen molar-refractivity contribution in [1.82, 2.24) is 5.32 Å². The van der Waals surface area contributed by atoms with Crippen LogP contribution in [0.25, 0.3) is 0 Å². The van der Waals surface area contributed by atoms with Gasteiger partial charge in [0.25, 0.3) is 0 Å². The first-order valence-electron chi connectivity index (χ1n) is 7.27. The van der Waals surface area contributed by atoms with E-state index in [2.05, 4.69) is 11.4 Å². The first-order chi connectivity index (χ1) is 9.65. The number of hydrogen-bond donors (Lipinski definition) is 3. The number of nitrogens with one attached hydrogen (secondary N) is 1. The predicted octanol–water partition coefficient (Wildman–Crippen LogP) is 1.36. The van der Waals surface area contributed by atoms with Crippen LogP contribution in [0.15, 0.2) is 24.3 Å². The number of carbonyl (C=O) groups excluding carboxylic acids is 1. The van der Waals surface area contributed by atoms with Gasteiger partial charge in [-0.1, -0.05) is 31.2 Å². The number of benzene rings is 1. The number of carbonyl (C=O) groups is 1. The Morgan fingerprint density at radius 3 is 2.70 bits per heavy atom. The van der Waals surface area contributed by atoms with Crippen molar-refractivity contribution in [1.29, 1.82) is 0 Å². The Hall–Kier alpha value is -1.39. The molecule has 1 aromatic rings. The zero-order chi connectivity index (χ0) is 14.6. The lowest BCUT2D eigenvalue weighted by molar-refractivity contribution is -0.126. The van der Waals surface area contributed by atoms with Gasteiger partial charge in [0.05, 0.1) is 24.7 Å². The van der Waals surface area contributed by atoms with Crippen LogP contribution in [0.1, 0.15) is 43.2 Å². The fourth-order valence-corrected chi connectivity index (χ4v) is 2.82. The molecule has 0 heterocycles. The van der Waals surface area contributed by atoms with Crippen LogP contribution in [0, 0.1) is 0 Å². The van der Waals surface area contributed by atoms with E-state index in [0.717, 1.165) is 24.8 Å². The Morgan fingerprint density at radius 1 is 1.35 bits per heavy atom. The highest BCUT2D eigenvalue weighted by molar-refractivity contribution is 5.85. The molecule has 1 aliphatic rings. The van der Waals surface area contributed by atoms with Crippen LogP contribution in [0.2, 0.25) is 0 Å². The lowest BCUT2D eigenvalue weighted by Crippen LogP contribution is -2.55. The molecule has 0 spiro atoms. The zero-order valence-corrected chi connectivity index (χ0v) is 11.9. The van der Waals surface area contributed by atoms with Gasteiger partial charge in [-0.3, -0.25) is 4.79 Å². The summed E-state index contributed by atoms with van der Waals surface area (Å²) < 4.78 is 0. The number of aryl methyl sites for hydroxylation is 1. The third-order valence-electron chi connectivity index (χ3n) is 4.36. The van der Waals surface area contributed by atoms with Gasteiger partial charge in [-0.05, 0) is 36.8 Å². The predicted molar refractivity (Wildman–Crippen MR) is 77.5 cm³/mol. The molecule has 0 saturated heterocycles. The Kier molecular flexibility index (Phi) is 4.78. The molecule has 20 heavy (non-hydrogen) atoms. The monoisotopic (exact) mass is 277 g/mol. The molecule has 110 valence electrons. The molecule has 1 atom stereocenters. The van der Waals surface area contributed by atoms with Crippen molar-refractivity contribution in [3.8, 4) is 0 Å². The Bertz CT molecular complexity index is 460. The van der Waals surface area contributed by atoms with E-state index in [1.54, 1.807) is 0 Å².